The van der Waals surface area contributed by atoms with Crippen molar-refractivity contribution in [3.05, 3.63) is 47.7 Å². The van der Waals surface area contributed by atoms with E-state index in [0.717, 1.165) is 5.56 Å². The minimum atomic E-state index is -4.74. The summed E-state index contributed by atoms with van der Waals surface area (Å²) in [5.41, 5.74) is 1.33. The Morgan fingerprint density at radius 2 is 1.93 bits per heavy atom. The Kier molecular flexibility index (Phi) is 3.79. The van der Waals surface area contributed by atoms with Gasteiger partial charge in [-0.25, -0.2) is 9.67 Å². The summed E-state index contributed by atoms with van der Waals surface area (Å²) >= 11 is 0. The molecule has 0 unspecified atom stereocenters. The zero-order chi connectivity index (χ0) is 19.2. The maximum absolute atomic E-state index is 12.8. The van der Waals surface area contributed by atoms with E-state index in [0.29, 0.717) is 29.6 Å². The Hall–Kier alpha value is -3.17. The maximum Gasteiger partial charge on any atom is 0.573 e. The van der Waals surface area contributed by atoms with Crippen LogP contribution in [0.5, 0.6) is 5.75 Å². The maximum atomic E-state index is 12.8. The van der Waals surface area contributed by atoms with Crippen molar-refractivity contribution in [2.24, 2.45) is 7.05 Å². The minimum absolute atomic E-state index is 0.302. The van der Waals surface area contributed by atoms with Crippen LogP contribution in [-0.4, -0.2) is 32.2 Å². The van der Waals surface area contributed by atoms with Gasteiger partial charge in [-0.05, 0) is 36.6 Å². The smallest absolute Gasteiger partial charge is 0.406 e. The number of hydrogen-bond donors (Lipinski definition) is 1. The Morgan fingerprint density at radius 1 is 1.22 bits per heavy atom. The number of nitrogens with one attached hydrogen (secondary N) is 1. The van der Waals surface area contributed by atoms with Crippen molar-refractivity contribution in [1.82, 2.24) is 25.3 Å². The third-order valence-electron chi connectivity index (χ3n) is 4.48. The van der Waals surface area contributed by atoms with Gasteiger partial charge in [0.15, 0.2) is 5.65 Å². The molecular formula is C17H14F3N5O2. The molecule has 4 rings (SSSR count). The van der Waals surface area contributed by atoms with Gasteiger partial charge >= 0.3 is 6.36 Å². The summed E-state index contributed by atoms with van der Waals surface area (Å²) in [6.07, 6.45) is -1.86. The largest absolute Gasteiger partial charge is 0.573 e. The van der Waals surface area contributed by atoms with E-state index in [1.165, 1.54) is 35.1 Å². The highest BCUT2D eigenvalue weighted by molar-refractivity contribution is 6.04. The number of benzene rings is 1. The molecule has 27 heavy (non-hydrogen) atoms. The number of nitrogens with zero attached hydrogens (tertiary/aromatic N) is 4. The van der Waals surface area contributed by atoms with Crippen LogP contribution in [-0.2, 0) is 12.6 Å². The van der Waals surface area contributed by atoms with Crippen LogP contribution in [0.2, 0.25) is 0 Å². The normalized spacial score (nSPS) is 15.6. The number of aromatic nitrogens is 4. The van der Waals surface area contributed by atoms with Crippen molar-refractivity contribution in [3.63, 3.8) is 0 Å². The van der Waals surface area contributed by atoms with Crippen molar-refractivity contribution < 1.29 is 22.7 Å². The van der Waals surface area contributed by atoms with E-state index < -0.39 is 11.9 Å². The van der Waals surface area contributed by atoms with E-state index in [4.69, 9.17) is 0 Å². The van der Waals surface area contributed by atoms with E-state index in [1.807, 2.05) is 0 Å². The standard InChI is InChI=1S/C17H14F3N5O2/c1-25-14-13(23-24-25)12(6-9-21-14)15(26)22-16(7-8-16)10-2-4-11(5-3-10)27-17(18,19)20/h2-6,9H,7-8H2,1H3,(H,22,26). The van der Waals surface area contributed by atoms with Crippen LogP contribution in [0.3, 0.4) is 0 Å². The molecule has 1 aromatic carbocycles. The first-order valence-corrected chi connectivity index (χ1v) is 8.11. The topological polar surface area (TPSA) is 81.9 Å². The van der Waals surface area contributed by atoms with Crippen molar-refractivity contribution in [1.29, 1.82) is 0 Å². The molecule has 1 amide bonds. The van der Waals surface area contributed by atoms with Crippen LogP contribution < -0.4 is 10.1 Å². The van der Waals surface area contributed by atoms with E-state index >= 15 is 0 Å². The van der Waals surface area contributed by atoms with E-state index in [1.54, 1.807) is 13.1 Å². The van der Waals surface area contributed by atoms with Crippen LogP contribution in [0, 0.1) is 0 Å². The van der Waals surface area contributed by atoms with Crippen LogP contribution in [0.25, 0.3) is 11.2 Å². The Bertz CT molecular complexity index is 1010. The molecule has 1 fully saturated rings. The van der Waals surface area contributed by atoms with E-state index in [-0.39, 0.29) is 11.7 Å². The van der Waals surface area contributed by atoms with Crippen LogP contribution in [0.15, 0.2) is 36.5 Å². The second kappa shape index (κ2) is 5.93. The van der Waals surface area contributed by atoms with Gasteiger partial charge in [-0.3, -0.25) is 4.79 Å². The molecule has 0 radical (unpaired) electrons. The van der Waals surface area contributed by atoms with Gasteiger partial charge in [0.1, 0.15) is 11.3 Å². The van der Waals surface area contributed by atoms with Gasteiger partial charge in [0.25, 0.3) is 5.91 Å². The van der Waals surface area contributed by atoms with Gasteiger partial charge in [-0.2, -0.15) is 0 Å². The number of aryl methyl sites for hydroxylation is 1. The molecule has 2 aromatic heterocycles. The monoisotopic (exact) mass is 377 g/mol. The second-order valence-corrected chi connectivity index (χ2v) is 6.35. The summed E-state index contributed by atoms with van der Waals surface area (Å²) in [5, 5.41) is 10.8. The highest BCUT2D eigenvalue weighted by Gasteiger charge is 2.46. The number of amides is 1. The summed E-state index contributed by atoms with van der Waals surface area (Å²) in [6, 6.07) is 7.09. The Balaban J connectivity index is 1.56. The average molecular weight is 377 g/mol. The fraction of sp³-hybridized carbons (Fsp3) is 0.294. The first-order valence-electron chi connectivity index (χ1n) is 8.11. The molecule has 1 aliphatic rings. The van der Waals surface area contributed by atoms with Crippen molar-refractivity contribution in [2.75, 3.05) is 0 Å². The molecular weight excluding hydrogens is 363 g/mol. The first kappa shape index (κ1) is 17.3. The predicted octanol–water partition coefficient (Wildman–Crippen LogP) is 2.68. The third kappa shape index (κ3) is 3.29. The lowest BCUT2D eigenvalue weighted by atomic mass is 10.0. The Morgan fingerprint density at radius 3 is 2.56 bits per heavy atom. The van der Waals surface area contributed by atoms with Gasteiger partial charge in [-0.15, -0.1) is 18.3 Å². The molecule has 0 aliphatic heterocycles. The zero-order valence-corrected chi connectivity index (χ0v) is 14.1. The van der Waals surface area contributed by atoms with E-state index in [9.17, 15) is 18.0 Å². The van der Waals surface area contributed by atoms with Gasteiger partial charge < -0.3 is 10.1 Å². The summed E-state index contributed by atoms with van der Waals surface area (Å²) in [7, 11) is 1.68. The number of alkyl halides is 3. The van der Waals surface area contributed by atoms with E-state index in [2.05, 4.69) is 25.3 Å². The molecule has 0 saturated heterocycles. The first-order chi connectivity index (χ1) is 12.8. The average Bonchev–Trinajstić information content (AvgIpc) is 3.29. The van der Waals surface area contributed by atoms with Gasteiger partial charge in [0, 0.05) is 13.2 Å². The van der Waals surface area contributed by atoms with Crippen LogP contribution in [0.4, 0.5) is 13.2 Å². The van der Waals surface area contributed by atoms with Gasteiger partial charge in [-0.1, -0.05) is 17.3 Å². The summed E-state index contributed by atoms with van der Waals surface area (Å²) in [6.45, 7) is 0. The quantitative estimate of drug-likeness (QED) is 0.756. The number of pyridine rings is 1. The molecule has 3 aromatic rings. The van der Waals surface area contributed by atoms with Crippen molar-refractivity contribution >= 4 is 17.1 Å². The summed E-state index contributed by atoms with van der Waals surface area (Å²) in [4.78, 5) is 16.9. The molecule has 2 heterocycles. The van der Waals surface area contributed by atoms with Gasteiger partial charge in [0.2, 0.25) is 0 Å². The number of halogens is 3. The second-order valence-electron chi connectivity index (χ2n) is 6.35. The fourth-order valence-electron chi connectivity index (χ4n) is 2.99. The molecule has 1 aliphatic carbocycles. The molecule has 0 spiro atoms. The highest BCUT2D eigenvalue weighted by atomic mass is 19.4. The fourth-order valence-corrected chi connectivity index (χ4v) is 2.99. The zero-order valence-electron chi connectivity index (χ0n) is 14.1. The minimum Gasteiger partial charge on any atom is -0.406 e. The Labute approximate surface area is 151 Å². The number of fused-ring (bicyclic) bond motifs is 1. The third-order valence-corrected chi connectivity index (χ3v) is 4.48. The lowest BCUT2D eigenvalue weighted by Gasteiger charge is -2.19. The van der Waals surface area contributed by atoms with Crippen molar-refractivity contribution in [3.8, 4) is 5.75 Å². The molecule has 1 N–H and O–H groups in total. The SMILES string of the molecule is Cn1nnc2c(C(=O)NC3(c4ccc(OC(F)(F)F)cc4)CC3)ccnc21. The molecule has 10 heteroatoms. The number of carbonyl (C=O) groups excluding carboxylic acids is 1. The number of hydrogen-bond acceptors (Lipinski definition) is 5. The molecule has 0 atom stereocenters. The summed E-state index contributed by atoms with van der Waals surface area (Å²) in [5.74, 6) is -0.639. The number of ether oxygens (including phenoxy) is 1. The lowest BCUT2D eigenvalue weighted by molar-refractivity contribution is -0.274. The van der Waals surface area contributed by atoms with Gasteiger partial charge in [0.05, 0.1) is 11.1 Å². The molecule has 140 valence electrons. The van der Waals surface area contributed by atoms with Crippen molar-refractivity contribution in [2.45, 2.75) is 24.7 Å². The van der Waals surface area contributed by atoms with Crippen LogP contribution in [0.1, 0.15) is 28.8 Å². The summed E-state index contributed by atoms with van der Waals surface area (Å²) < 4.78 is 42.2. The lowest BCUT2D eigenvalue weighted by Crippen LogP contribution is -2.35. The molecule has 7 nitrogen and oxygen atoms in total. The molecule has 1 saturated carbocycles. The number of carbonyl (C=O) groups is 1. The molecule has 0 bridgehead atoms. The predicted molar refractivity (Wildman–Crippen MR) is 87.8 cm³/mol. The van der Waals surface area contributed by atoms with Crippen LogP contribution >= 0.6 is 0 Å². The highest BCUT2D eigenvalue weighted by Crippen LogP contribution is 2.46. The number of rotatable bonds is 4.